The standard InChI is InChI=1S/C24H26Cl2N6O/c1-27-23-30-21(15-6-3-2-4-7-15)31-24(32-23)29-19-9-5-8-16(12-19)22(33)28-14-17-10-11-18(25)13-20(17)26/h2-4,6-7,10-11,13,16,19H,5,8-9,12,14H2,1H3,(H,28,33)(H2,27,29,30,31,32). The van der Waals surface area contributed by atoms with Crippen LogP contribution in [0.5, 0.6) is 0 Å². The van der Waals surface area contributed by atoms with Crippen molar-refractivity contribution in [2.45, 2.75) is 38.3 Å². The summed E-state index contributed by atoms with van der Waals surface area (Å²) in [7, 11) is 1.78. The van der Waals surface area contributed by atoms with Gasteiger partial charge in [0.05, 0.1) is 0 Å². The Hall–Kier alpha value is -2.90. The molecule has 1 amide bonds. The second-order valence-electron chi connectivity index (χ2n) is 8.08. The lowest BCUT2D eigenvalue weighted by molar-refractivity contribution is -0.126. The van der Waals surface area contributed by atoms with Gasteiger partial charge in [-0.3, -0.25) is 4.79 Å². The molecule has 4 rings (SSSR count). The summed E-state index contributed by atoms with van der Waals surface area (Å²) in [5.41, 5.74) is 1.76. The van der Waals surface area contributed by atoms with E-state index < -0.39 is 0 Å². The quantitative estimate of drug-likeness (QED) is 0.428. The number of benzene rings is 2. The van der Waals surface area contributed by atoms with E-state index in [1.807, 2.05) is 36.4 Å². The number of amides is 1. The van der Waals surface area contributed by atoms with Crippen LogP contribution >= 0.6 is 23.2 Å². The molecule has 2 atom stereocenters. The number of hydrogen-bond donors (Lipinski definition) is 3. The zero-order chi connectivity index (χ0) is 23.2. The van der Waals surface area contributed by atoms with Gasteiger partial charge in [-0.2, -0.15) is 15.0 Å². The summed E-state index contributed by atoms with van der Waals surface area (Å²) in [5.74, 6) is 1.55. The summed E-state index contributed by atoms with van der Waals surface area (Å²) >= 11 is 12.2. The minimum atomic E-state index is -0.0819. The third-order valence-electron chi connectivity index (χ3n) is 5.74. The maximum atomic E-state index is 12.8. The Balaban J connectivity index is 1.40. The second-order valence-corrected chi connectivity index (χ2v) is 8.92. The number of rotatable bonds is 7. The van der Waals surface area contributed by atoms with Gasteiger partial charge in [-0.05, 0) is 37.0 Å². The molecule has 7 nitrogen and oxygen atoms in total. The predicted molar refractivity (Wildman–Crippen MR) is 132 cm³/mol. The minimum absolute atomic E-state index is 0.0315. The van der Waals surface area contributed by atoms with Gasteiger partial charge in [0, 0.05) is 41.2 Å². The smallest absolute Gasteiger partial charge is 0.228 e. The van der Waals surface area contributed by atoms with E-state index in [4.69, 9.17) is 23.2 Å². The predicted octanol–water partition coefficient (Wildman–Crippen LogP) is 5.17. The number of anilines is 2. The maximum Gasteiger partial charge on any atom is 0.228 e. The SMILES string of the molecule is CNc1nc(NC2CCCC(C(=O)NCc3ccc(Cl)cc3Cl)C2)nc(-c2ccccc2)n1. The molecule has 3 aromatic rings. The molecular formula is C24H26Cl2N6O. The molecule has 3 N–H and O–H groups in total. The molecule has 2 unspecified atom stereocenters. The molecule has 0 radical (unpaired) electrons. The molecule has 2 aromatic carbocycles. The number of carbonyl (C=O) groups is 1. The zero-order valence-electron chi connectivity index (χ0n) is 18.3. The van der Waals surface area contributed by atoms with Crippen molar-refractivity contribution in [3.63, 3.8) is 0 Å². The number of aromatic nitrogens is 3. The van der Waals surface area contributed by atoms with Gasteiger partial charge in [-0.25, -0.2) is 0 Å². The fourth-order valence-electron chi connectivity index (χ4n) is 4.00. The molecule has 1 aliphatic carbocycles. The Labute approximate surface area is 203 Å². The van der Waals surface area contributed by atoms with Crippen LogP contribution in [0.2, 0.25) is 10.0 Å². The average Bonchev–Trinajstić information content (AvgIpc) is 2.84. The summed E-state index contributed by atoms with van der Waals surface area (Å²) in [6.45, 7) is 0.378. The van der Waals surface area contributed by atoms with Crippen LogP contribution in [0.25, 0.3) is 11.4 Å². The van der Waals surface area contributed by atoms with Gasteiger partial charge in [0.2, 0.25) is 17.8 Å². The topological polar surface area (TPSA) is 91.8 Å². The average molecular weight is 485 g/mol. The van der Waals surface area contributed by atoms with Crippen LogP contribution in [0, 0.1) is 5.92 Å². The molecule has 172 valence electrons. The summed E-state index contributed by atoms with van der Waals surface area (Å²) in [6.07, 6.45) is 3.47. The number of nitrogens with zero attached hydrogens (tertiary/aromatic N) is 3. The first-order valence-corrected chi connectivity index (χ1v) is 11.7. The zero-order valence-corrected chi connectivity index (χ0v) is 19.8. The molecule has 0 saturated heterocycles. The van der Waals surface area contributed by atoms with Crippen LogP contribution in [-0.2, 0) is 11.3 Å². The Morgan fingerprint density at radius 3 is 2.58 bits per heavy atom. The highest BCUT2D eigenvalue weighted by Crippen LogP contribution is 2.28. The van der Waals surface area contributed by atoms with E-state index >= 15 is 0 Å². The molecule has 33 heavy (non-hydrogen) atoms. The molecule has 1 saturated carbocycles. The monoisotopic (exact) mass is 484 g/mol. The molecule has 9 heteroatoms. The van der Waals surface area contributed by atoms with Crippen molar-refractivity contribution in [1.29, 1.82) is 0 Å². The van der Waals surface area contributed by atoms with Crippen molar-refractivity contribution in [2.24, 2.45) is 5.92 Å². The van der Waals surface area contributed by atoms with Crippen LogP contribution < -0.4 is 16.0 Å². The summed E-state index contributed by atoms with van der Waals surface area (Å²) < 4.78 is 0. The van der Waals surface area contributed by atoms with E-state index in [-0.39, 0.29) is 17.9 Å². The highest BCUT2D eigenvalue weighted by Gasteiger charge is 2.28. The Morgan fingerprint density at radius 1 is 1.03 bits per heavy atom. The third kappa shape index (κ3) is 6.12. The number of halogens is 2. The van der Waals surface area contributed by atoms with E-state index in [0.717, 1.165) is 30.4 Å². The van der Waals surface area contributed by atoms with Gasteiger partial charge in [-0.15, -0.1) is 0 Å². The van der Waals surface area contributed by atoms with E-state index in [1.165, 1.54) is 0 Å². The molecule has 1 aromatic heterocycles. The highest BCUT2D eigenvalue weighted by molar-refractivity contribution is 6.35. The van der Waals surface area contributed by atoms with Crippen molar-refractivity contribution in [3.05, 3.63) is 64.1 Å². The van der Waals surface area contributed by atoms with Crippen molar-refractivity contribution in [3.8, 4) is 11.4 Å². The van der Waals surface area contributed by atoms with E-state index in [2.05, 4.69) is 30.9 Å². The third-order valence-corrected chi connectivity index (χ3v) is 6.32. The Kier molecular flexibility index (Phi) is 7.62. The fourth-order valence-corrected chi connectivity index (χ4v) is 4.48. The van der Waals surface area contributed by atoms with Gasteiger partial charge in [0.15, 0.2) is 5.82 Å². The fraction of sp³-hybridized carbons (Fsp3) is 0.333. The first-order chi connectivity index (χ1) is 16.0. The lowest BCUT2D eigenvalue weighted by Gasteiger charge is -2.29. The van der Waals surface area contributed by atoms with Crippen LogP contribution in [0.15, 0.2) is 48.5 Å². The molecule has 0 aliphatic heterocycles. The number of nitrogens with one attached hydrogen (secondary N) is 3. The molecule has 1 heterocycles. The Morgan fingerprint density at radius 2 is 1.82 bits per heavy atom. The van der Waals surface area contributed by atoms with Gasteiger partial charge < -0.3 is 16.0 Å². The van der Waals surface area contributed by atoms with Gasteiger partial charge in [0.1, 0.15) is 0 Å². The molecule has 0 spiro atoms. The lowest BCUT2D eigenvalue weighted by atomic mass is 9.85. The van der Waals surface area contributed by atoms with Crippen molar-refractivity contribution in [2.75, 3.05) is 17.7 Å². The van der Waals surface area contributed by atoms with Crippen molar-refractivity contribution in [1.82, 2.24) is 20.3 Å². The summed E-state index contributed by atoms with van der Waals surface area (Å²) in [4.78, 5) is 26.4. The molecule has 1 fully saturated rings. The number of hydrogen-bond acceptors (Lipinski definition) is 6. The number of carbonyl (C=O) groups excluding carboxylic acids is 1. The molecular weight excluding hydrogens is 459 g/mol. The van der Waals surface area contributed by atoms with E-state index in [9.17, 15) is 4.79 Å². The minimum Gasteiger partial charge on any atom is -0.357 e. The van der Waals surface area contributed by atoms with E-state index in [1.54, 1.807) is 19.2 Å². The van der Waals surface area contributed by atoms with Gasteiger partial charge >= 0.3 is 0 Å². The first kappa shape index (κ1) is 23.3. The van der Waals surface area contributed by atoms with E-state index in [0.29, 0.717) is 40.7 Å². The van der Waals surface area contributed by atoms with Crippen LogP contribution in [0.3, 0.4) is 0 Å². The highest BCUT2D eigenvalue weighted by atomic mass is 35.5. The largest absolute Gasteiger partial charge is 0.357 e. The normalized spacial score (nSPS) is 17.9. The maximum absolute atomic E-state index is 12.8. The van der Waals surface area contributed by atoms with Crippen molar-refractivity contribution < 1.29 is 4.79 Å². The van der Waals surface area contributed by atoms with Crippen LogP contribution in [0.4, 0.5) is 11.9 Å². The molecule has 1 aliphatic rings. The van der Waals surface area contributed by atoms with Crippen molar-refractivity contribution >= 4 is 41.0 Å². The summed E-state index contributed by atoms with van der Waals surface area (Å²) in [6, 6.07) is 15.2. The molecule has 0 bridgehead atoms. The Bertz CT molecular complexity index is 1110. The second kappa shape index (κ2) is 10.8. The first-order valence-electron chi connectivity index (χ1n) is 11.0. The van der Waals surface area contributed by atoms with Gasteiger partial charge in [0.25, 0.3) is 0 Å². The van der Waals surface area contributed by atoms with Crippen LogP contribution in [0.1, 0.15) is 31.2 Å². The summed E-state index contributed by atoms with van der Waals surface area (Å²) in [5, 5.41) is 10.6. The van der Waals surface area contributed by atoms with Gasteiger partial charge in [-0.1, -0.05) is 66.0 Å². The van der Waals surface area contributed by atoms with Crippen LogP contribution in [-0.4, -0.2) is 33.9 Å². The lowest BCUT2D eigenvalue weighted by Crippen LogP contribution is -2.37.